The molecule has 0 aliphatic carbocycles. The maximum absolute atomic E-state index is 11.5. The van der Waals surface area contributed by atoms with Crippen LogP contribution in [0.3, 0.4) is 0 Å². The van der Waals surface area contributed by atoms with Gasteiger partial charge in [-0.25, -0.2) is 9.67 Å². The fourth-order valence-corrected chi connectivity index (χ4v) is 3.10. The lowest BCUT2D eigenvalue weighted by atomic mass is 10.2. The van der Waals surface area contributed by atoms with Crippen molar-refractivity contribution in [1.29, 1.82) is 0 Å². The van der Waals surface area contributed by atoms with Gasteiger partial charge in [-0.1, -0.05) is 15.9 Å². The molecule has 6 nitrogen and oxygen atoms in total. The molecule has 0 unspecified atom stereocenters. The van der Waals surface area contributed by atoms with Crippen LogP contribution in [0.4, 0.5) is 5.69 Å². The Kier molecular flexibility index (Phi) is 3.85. The summed E-state index contributed by atoms with van der Waals surface area (Å²) in [7, 11) is 0. The summed E-state index contributed by atoms with van der Waals surface area (Å²) >= 11 is 3.47. The number of halogens is 1. The van der Waals surface area contributed by atoms with Gasteiger partial charge >= 0.3 is 0 Å². The van der Waals surface area contributed by atoms with Crippen molar-refractivity contribution in [1.82, 2.24) is 19.3 Å². The zero-order chi connectivity index (χ0) is 17.4. The number of amides is 1. The molecule has 2 aromatic carbocycles. The number of carbonyl (C=O) groups is 1. The van der Waals surface area contributed by atoms with Gasteiger partial charge in [0.2, 0.25) is 5.91 Å². The van der Waals surface area contributed by atoms with Gasteiger partial charge < -0.3 is 5.32 Å². The van der Waals surface area contributed by atoms with E-state index in [9.17, 15) is 4.79 Å². The Morgan fingerprint density at radius 3 is 2.76 bits per heavy atom. The van der Waals surface area contributed by atoms with Crippen molar-refractivity contribution in [3.05, 3.63) is 65.7 Å². The molecule has 0 aliphatic heterocycles. The summed E-state index contributed by atoms with van der Waals surface area (Å²) in [5, 5.41) is 7.12. The molecule has 25 heavy (non-hydrogen) atoms. The van der Waals surface area contributed by atoms with Crippen LogP contribution in [0.15, 0.2) is 65.7 Å². The number of hydrogen-bond acceptors (Lipinski definition) is 3. The normalized spacial score (nSPS) is 11.0. The Balaban J connectivity index is 1.90. The monoisotopic (exact) mass is 395 g/mol. The molecule has 0 radical (unpaired) electrons. The molecule has 7 heteroatoms. The Morgan fingerprint density at radius 1 is 1.16 bits per heavy atom. The van der Waals surface area contributed by atoms with Gasteiger partial charge in [0.05, 0.1) is 22.4 Å². The second-order valence-electron chi connectivity index (χ2n) is 5.62. The lowest BCUT2D eigenvalue weighted by molar-refractivity contribution is -0.114. The number of benzene rings is 2. The van der Waals surface area contributed by atoms with Gasteiger partial charge in [-0.2, -0.15) is 5.10 Å². The number of carbonyl (C=O) groups excluding carboxylic acids is 1. The number of nitrogens with one attached hydrogen (secondary N) is 1. The molecule has 0 atom stereocenters. The van der Waals surface area contributed by atoms with Crippen molar-refractivity contribution < 1.29 is 4.79 Å². The standard InChI is InChI=1S/C18H14BrN5O/c1-12(25)22-14-8-15(10-16(9-14)24-6-2-5-21-24)23-11-20-17-7-13(19)3-4-18(17)23/h2-11H,1H3,(H,22,25). The smallest absolute Gasteiger partial charge is 0.221 e. The first-order chi connectivity index (χ1) is 12.1. The predicted molar refractivity (Wildman–Crippen MR) is 100 cm³/mol. The van der Waals surface area contributed by atoms with E-state index in [-0.39, 0.29) is 5.91 Å². The van der Waals surface area contributed by atoms with E-state index in [4.69, 9.17) is 0 Å². The maximum Gasteiger partial charge on any atom is 0.221 e. The molecule has 1 amide bonds. The SMILES string of the molecule is CC(=O)Nc1cc(-n2cccn2)cc(-n2cnc3cc(Br)ccc32)c1. The molecule has 0 bridgehead atoms. The van der Waals surface area contributed by atoms with E-state index in [1.54, 1.807) is 17.2 Å². The topological polar surface area (TPSA) is 64.7 Å². The van der Waals surface area contributed by atoms with Crippen LogP contribution in [0.2, 0.25) is 0 Å². The van der Waals surface area contributed by atoms with Crippen molar-refractivity contribution in [2.24, 2.45) is 0 Å². The first-order valence-electron chi connectivity index (χ1n) is 7.66. The van der Waals surface area contributed by atoms with Gasteiger partial charge in [-0.15, -0.1) is 0 Å². The minimum atomic E-state index is -0.122. The number of anilines is 1. The van der Waals surface area contributed by atoms with Crippen molar-refractivity contribution in [3.8, 4) is 11.4 Å². The zero-order valence-electron chi connectivity index (χ0n) is 13.3. The number of imidazole rings is 1. The summed E-state index contributed by atoms with van der Waals surface area (Å²) in [5.74, 6) is -0.122. The van der Waals surface area contributed by atoms with Crippen LogP contribution in [0.1, 0.15) is 6.92 Å². The Hall–Kier alpha value is -2.93. The molecule has 0 spiro atoms. The summed E-state index contributed by atoms with van der Waals surface area (Å²) in [6, 6.07) is 13.6. The van der Waals surface area contributed by atoms with Gasteiger partial charge in [-0.05, 0) is 42.5 Å². The highest BCUT2D eigenvalue weighted by molar-refractivity contribution is 9.10. The van der Waals surface area contributed by atoms with Gasteiger partial charge in [0.15, 0.2) is 0 Å². The second-order valence-corrected chi connectivity index (χ2v) is 6.53. The van der Waals surface area contributed by atoms with Crippen molar-refractivity contribution in [3.63, 3.8) is 0 Å². The van der Waals surface area contributed by atoms with Crippen LogP contribution in [0.25, 0.3) is 22.4 Å². The van der Waals surface area contributed by atoms with E-state index in [1.165, 1.54) is 6.92 Å². The molecule has 0 fully saturated rings. The summed E-state index contributed by atoms with van der Waals surface area (Å²) in [4.78, 5) is 16.0. The highest BCUT2D eigenvalue weighted by Gasteiger charge is 2.09. The molecule has 0 saturated carbocycles. The van der Waals surface area contributed by atoms with Crippen LogP contribution in [-0.4, -0.2) is 25.2 Å². The number of fused-ring (bicyclic) bond motifs is 1. The summed E-state index contributed by atoms with van der Waals surface area (Å²) in [5.41, 5.74) is 4.32. The van der Waals surface area contributed by atoms with Gasteiger partial charge in [-0.3, -0.25) is 9.36 Å². The lowest BCUT2D eigenvalue weighted by Crippen LogP contribution is -2.08. The quantitative estimate of drug-likeness (QED) is 0.571. The van der Waals surface area contributed by atoms with Gasteiger partial charge in [0.1, 0.15) is 6.33 Å². The van der Waals surface area contributed by atoms with Crippen molar-refractivity contribution >= 4 is 38.6 Å². The van der Waals surface area contributed by atoms with Gasteiger partial charge in [0, 0.05) is 29.5 Å². The molecule has 2 heterocycles. The zero-order valence-corrected chi connectivity index (χ0v) is 14.9. The number of rotatable bonds is 3. The molecule has 4 rings (SSSR count). The first-order valence-corrected chi connectivity index (χ1v) is 8.45. The van der Waals surface area contributed by atoms with Crippen LogP contribution >= 0.6 is 15.9 Å². The van der Waals surface area contributed by atoms with E-state index < -0.39 is 0 Å². The minimum Gasteiger partial charge on any atom is -0.326 e. The molecular formula is C18H14BrN5O. The van der Waals surface area contributed by atoms with E-state index in [2.05, 4.69) is 31.3 Å². The third-order valence-electron chi connectivity index (χ3n) is 3.78. The predicted octanol–water partition coefficient (Wildman–Crippen LogP) is 3.93. The first kappa shape index (κ1) is 15.6. The molecule has 2 aromatic heterocycles. The van der Waals surface area contributed by atoms with Crippen LogP contribution in [0, 0.1) is 0 Å². The Bertz CT molecular complexity index is 1070. The molecule has 124 valence electrons. The number of hydrogen-bond donors (Lipinski definition) is 1. The third kappa shape index (κ3) is 3.06. The molecule has 1 N–H and O–H groups in total. The largest absolute Gasteiger partial charge is 0.326 e. The van der Waals surface area contributed by atoms with E-state index in [0.717, 1.165) is 26.9 Å². The van der Waals surface area contributed by atoms with Crippen LogP contribution in [-0.2, 0) is 4.79 Å². The van der Waals surface area contributed by atoms with E-state index >= 15 is 0 Å². The number of nitrogens with zero attached hydrogens (tertiary/aromatic N) is 4. The molecular weight excluding hydrogens is 382 g/mol. The average Bonchev–Trinajstić information content (AvgIpc) is 3.23. The molecule has 4 aromatic rings. The van der Waals surface area contributed by atoms with Crippen molar-refractivity contribution in [2.75, 3.05) is 5.32 Å². The highest BCUT2D eigenvalue weighted by Crippen LogP contribution is 2.26. The van der Waals surface area contributed by atoms with E-state index in [0.29, 0.717) is 5.69 Å². The average molecular weight is 396 g/mol. The third-order valence-corrected chi connectivity index (χ3v) is 4.27. The summed E-state index contributed by atoms with van der Waals surface area (Å²) < 4.78 is 4.72. The van der Waals surface area contributed by atoms with Crippen LogP contribution in [0.5, 0.6) is 0 Å². The summed E-state index contributed by atoms with van der Waals surface area (Å²) in [6.07, 6.45) is 5.35. The second kappa shape index (κ2) is 6.18. The fraction of sp³-hybridized carbons (Fsp3) is 0.0556. The minimum absolute atomic E-state index is 0.122. The van der Waals surface area contributed by atoms with E-state index in [1.807, 2.05) is 53.2 Å². The van der Waals surface area contributed by atoms with Crippen LogP contribution < -0.4 is 5.32 Å². The highest BCUT2D eigenvalue weighted by atomic mass is 79.9. The summed E-state index contributed by atoms with van der Waals surface area (Å²) in [6.45, 7) is 1.49. The van der Waals surface area contributed by atoms with Gasteiger partial charge in [0.25, 0.3) is 0 Å². The molecule has 0 aliphatic rings. The Morgan fingerprint density at radius 2 is 2.00 bits per heavy atom. The Labute approximate surface area is 152 Å². The maximum atomic E-state index is 11.5. The lowest BCUT2D eigenvalue weighted by Gasteiger charge is -2.12. The fourth-order valence-electron chi connectivity index (χ4n) is 2.76. The number of aromatic nitrogens is 4. The van der Waals surface area contributed by atoms with Crippen molar-refractivity contribution in [2.45, 2.75) is 6.92 Å². The molecule has 0 saturated heterocycles.